The van der Waals surface area contributed by atoms with Gasteiger partial charge in [0, 0.05) is 11.3 Å². The molecule has 0 aliphatic carbocycles. The van der Waals surface area contributed by atoms with Crippen molar-refractivity contribution in [2.75, 3.05) is 0 Å². The first-order chi connectivity index (χ1) is 8.68. The van der Waals surface area contributed by atoms with Crippen molar-refractivity contribution < 1.29 is 4.39 Å². The summed E-state index contributed by atoms with van der Waals surface area (Å²) in [6, 6.07) is 0. The second-order valence-electron chi connectivity index (χ2n) is 6.65. The molecule has 1 aromatic heterocycles. The Bertz CT molecular complexity index is 445. The van der Waals surface area contributed by atoms with Gasteiger partial charge in [-0.15, -0.1) is 0 Å². The van der Waals surface area contributed by atoms with Crippen LogP contribution in [0.25, 0.3) is 0 Å². The van der Waals surface area contributed by atoms with Gasteiger partial charge in [0.25, 0.3) is 0 Å². The predicted molar refractivity (Wildman–Crippen MR) is 80.6 cm³/mol. The summed E-state index contributed by atoms with van der Waals surface area (Å²) in [7, 11) is 0. The lowest BCUT2D eigenvalue weighted by Gasteiger charge is -2.26. The summed E-state index contributed by atoms with van der Waals surface area (Å²) in [6.07, 6.45) is 0. The van der Waals surface area contributed by atoms with Crippen LogP contribution in [0.1, 0.15) is 101 Å². The standard InChI is InChI=1S/C17H28FN/c1-9(2)13-14(10(3)4)16(12(7)8)19-17(18)15(13)11(5)6/h9-12H,1-8H3. The molecule has 0 aliphatic heterocycles. The van der Waals surface area contributed by atoms with Crippen molar-refractivity contribution in [3.8, 4) is 0 Å². The van der Waals surface area contributed by atoms with Crippen molar-refractivity contribution in [2.45, 2.75) is 79.1 Å². The summed E-state index contributed by atoms with van der Waals surface area (Å²) in [5.41, 5.74) is 4.18. The van der Waals surface area contributed by atoms with Crippen LogP contribution in [-0.4, -0.2) is 4.98 Å². The molecule has 2 heteroatoms. The lowest BCUT2D eigenvalue weighted by Crippen LogP contribution is -2.15. The predicted octanol–water partition coefficient (Wildman–Crippen LogP) is 5.71. The molecule has 0 spiro atoms. The monoisotopic (exact) mass is 265 g/mol. The third kappa shape index (κ3) is 3.16. The maximum atomic E-state index is 14.4. The molecule has 0 aliphatic rings. The van der Waals surface area contributed by atoms with Crippen molar-refractivity contribution in [3.63, 3.8) is 0 Å². The van der Waals surface area contributed by atoms with Crippen LogP contribution in [-0.2, 0) is 0 Å². The number of hydrogen-bond acceptors (Lipinski definition) is 1. The van der Waals surface area contributed by atoms with Gasteiger partial charge < -0.3 is 0 Å². The summed E-state index contributed by atoms with van der Waals surface area (Å²) < 4.78 is 14.4. The molecular formula is C17H28FN. The summed E-state index contributed by atoms with van der Waals surface area (Å²) in [6.45, 7) is 16.9. The molecule has 1 rings (SSSR count). The van der Waals surface area contributed by atoms with Gasteiger partial charge in [-0.2, -0.15) is 4.39 Å². The molecular weight excluding hydrogens is 237 g/mol. The molecule has 0 fully saturated rings. The fourth-order valence-electron chi connectivity index (χ4n) is 2.84. The average molecular weight is 265 g/mol. The lowest BCUT2D eigenvalue weighted by molar-refractivity contribution is 0.530. The molecule has 0 N–H and O–H groups in total. The van der Waals surface area contributed by atoms with E-state index in [1.165, 1.54) is 11.1 Å². The van der Waals surface area contributed by atoms with Gasteiger partial charge in [-0.3, -0.25) is 0 Å². The Morgan fingerprint density at radius 2 is 1.05 bits per heavy atom. The van der Waals surface area contributed by atoms with Crippen molar-refractivity contribution in [1.29, 1.82) is 0 Å². The number of pyridine rings is 1. The van der Waals surface area contributed by atoms with Crippen molar-refractivity contribution in [3.05, 3.63) is 28.3 Å². The van der Waals surface area contributed by atoms with Gasteiger partial charge in [-0.25, -0.2) is 4.98 Å². The molecule has 1 aromatic rings. The minimum Gasteiger partial charge on any atom is -0.224 e. The smallest absolute Gasteiger partial charge is 0.216 e. The Hall–Kier alpha value is -0.920. The molecule has 0 bridgehead atoms. The summed E-state index contributed by atoms with van der Waals surface area (Å²) in [5, 5.41) is 0. The molecule has 108 valence electrons. The molecule has 0 amide bonds. The molecule has 0 aromatic carbocycles. The van der Waals surface area contributed by atoms with Crippen LogP contribution in [0.3, 0.4) is 0 Å². The topological polar surface area (TPSA) is 12.9 Å². The Kier molecular flexibility index (Phi) is 5.11. The van der Waals surface area contributed by atoms with Crippen molar-refractivity contribution in [2.24, 2.45) is 0 Å². The van der Waals surface area contributed by atoms with E-state index < -0.39 is 0 Å². The molecule has 19 heavy (non-hydrogen) atoms. The van der Waals surface area contributed by atoms with E-state index in [0.717, 1.165) is 11.3 Å². The highest BCUT2D eigenvalue weighted by atomic mass is 19.1. The van der Waals surface area contributed by atoms with E-state index in [4.69, 9.17) is 0 Å². The van der Waals surface area contributed by atoms with E-state index in [-0.39, 0.29) is 17.8 Å². The van der Waals surface area contributed by atoms with E-state index >= 15 is 0 Å². The van der Waals surface area contributed by atoms with Crippen LogP contribution in [0.5, 0.6) is 0 Å². The molecule has 1 nitrogen and oxygen atoms in total. The zero-order valence-electron chi connectivity index (χ0n) is 13.6. The van der Waals surface area contributed by atoms with Gasteiger partial charge in [0.05, 0.1) is 0 Å². The van der Waals surface area contributed by atoms with Crippen LogP contribution >= 0.6 is 0 Å². The van der Waals surface area contributed by atoms with Crippen molar-refractivity contribution in [1.82, 2.24) is 4.98 Å². The van der Waals surface area contributed by atoms with E-state index in [1.807, 2.05) is 13.8 Å². The third-order valence-corrected chi connectivity index (χ3v) is 3.58. The van der Waals surface area contributed by atoms with E-state index in [2.05, 4.69) is 46.5 Å². The number of halogens is 1. The molecule has 0 atom stereocenters. The quantitative estimate of drug-likeness (QED) is 0.635. The minimum absolute atomic E-state index is 0.170. The highest BCUT2D eigenvalue weighted by Crippen LogP contribution is 2.38. The van der Waals surface area contributed by atoms with Gasteiger partial charge in [0.1, 0.15) is 0 Å². The largest absolute Gasteiger partial charge is 0.224 e. The minimum atomic E-state index is -0.271. The third-order valence-electron chi connectivity index (χ3n) is 3.58. The SMILES string of the molecule is CC(C)c1nc(F)c(C(C)C)c(C(C)C)c1C(C)C. The Morgan fingerprint density at radius 1 is 0.632 bits per heavy atom. The highest BCUT2D eigenvalue weighted by molar-refractivity contribution is 5.44. The van der Waals surface area contributed by atoms with Gasteiger partial charge in [-0.05, 0) is 34.8 Å². The van der Waals surface area contributed by atoms with Crippen molar-refractivity contribution >= 4 is 0 Å². The van der Waals surface area contributed by atoms with Gasteiger partial charge in [0.15, 0.2) is 0 Å². The first kappa shape index (κ1) is 16.1. The van der Waals surface area contributed by atoms with Crippen LogP contribution in [0.4, 0.5) is 4.39 Å². The average Bonchev–Trinajstić information content (AvgIpc) is 2.25. The summed E-state index contributed by atoms with van der Waals surface area (Å²) in [5.74, 6) is 0.853. The molecule has 0 saturated heterocycles. The van der Waals surface area contributed by atoms with Crippen LogP contribution < -0.4 is 0 Å². The second kappa shape index (κ2) is 6.02. The van der Waals surface area contributed by atoms with Crippen LogP contribution in [0.15, 0.2) is 0 Å². The molecule has 0 saturated carbocycles. The first-order valence-corrected chi connectivity index (χ1v) is 7.41. The lowest BCUT2D eigenvalue weighted by atomic mass is 9.81. The zero-order valence-corrected chi connectivity index (χ0v) is 13.6. The Balaban J connectivity index is 3.76. The van der Waals surface area contributed by atoms with Gasteiger partial charge in [0.2, 0.25) is 5.95 Å². The second-order valence-corrected chi connectivity index (χ2v) is 6.65. The molecule has 0 radical (unpaired) electrons. The maximum Gasteiger partial charge on any atom is 0.216 e. The van der Waals surface area contributed by atoms with E-state index in [1.54, 1.807) is 0 Å². The van der Waals surface area contributed by atoms with E-state index in [0.29, 0.717) is 11.8 Å². The van der Waals surface area contributed by atoms with Crippen LogP contribution in [0, 0.1) is 5.95 Å². The Labute approximate surface area is 117 Å². The normalized spacial score (nSPS) is 12.3. The first-order valence-electron chi connectivity index (χ1n) is 7.41. The van der Waals surface area contributed by atoms with Gasteiger partial charge >= 0.3 is 0 Å². The zero-order chi connectivity index (χ0) is 14.9. The number of rotatable bonds is 4. The highest BCUT2D eigenvalue weighted by Gasteiger charge is 2.25. The van der Waals surface area contributed by atoms with Crippen LogP contribution in [0.2, 0.25) is 0 Å². The number of nitrogens with zero attached hydrogens (tertiary/aromatic N) is 1. The Morgan fingerprint density at radius 3 is 1.37 bits per heavy atom. The fraction of sp³-hybridized carbons (Fsp3) is 0.706. The molecule has 1 heterocycles. The maximum absolute atomic E-state index is 14.4. The number of hydrogen-bond donors (Lipinski definition) is 0. The fourth-order valence-corrected chi connectivity index (χ4v) is 2.84. The molecule has 0 unspecified atom stereocenters. The van der Waals surface area contributed by atoms with E-state index in [9.17, 15) is 4.39 Å². The van der Waals surface area contributed by atoms with Gasteiger partial charge in [-0.1, -0.05) is 55.4 Å². The summed E-state index contributed by atoms with van der Waals surface area (Å²) in [4.78, 5) is 4.29. The number of aromatic nitrogens is 1. The summed E-state index contributed by atoms with van der Waals surface area (Å²) >= 11 is 0.